The van der Waals surface area contributed by atoms with Crippen molar-refractivity contribution in [3.8, 4) is 0 Å². The molecule has 4 rings (SSSR count). The third-order valence-electron chi connectivity index (χ3n) is 6.58. The highest BCUT2D eigenvalue weighted by atomic mass is 35.5. The van der Waals surface area contributed by atoms with Gasteiger partial charge in [0.2, 0.25) is 0 Å². The smallest absolute Gasteiger partial charge is 0.328 e. The molecule has 0 aromatic carbocycles. The van der Waals surface area contributed by atoms with Gasteiger partial charge in [0.1, 0.15) is 10.5 Å². The number of rotatable bonds is 3. The molecule has 0 radical (unpaired) electrons. The molecule has 0 aromatic heterocycles. The third kappa shape index (κ3) is 3.37. The molecule has 0 spiro atoms. The van der Waals surface area contributed by atoms with Gasteiger partial charge in [0, 0.05) is 0 Å². The van der Waals surface area contributed by atoms with Crippen LogP contribution in [0.1, 0.15) is 86.5 Å². The zero-order chi connectivity index (χ0) is 18.0. The van der Waals surface area contributed by atoms with Crippen LogP contribution in [0.4, 0.5) is 0 Å². The monoisotopic (exact) mass is 354 g/mol. The summed E-state index contributed by atoms with van der Waals surface area (Å²) in [7, 11) is 0. The Kier molecular flexibility index (Phi) is 4.35. The molecule has 0 N–H and O–H groups in total. The van der Waals surface area contributed by atoms with E-state index in [1.807, 2.05) is 0 Å². The molecule has 138 valence electrons. The van der Waals surface area contributed by atoms with Gasteiger partial charge in [0.15, 0.2) is 0 Å². The Morgan fingerprint density at radius 1 is 0.958 bits per heavy atom. The van der Waals surface area contributed by atoms with Crippen LogP contribution in [0.3, 0.4) is 0 Å². The van der Waals surface area contributed by atoms with Crippen molar-refractivity contribution >= 4 is 17.6 Å². The molecule has 1 atom stereocenters. The van der Waals surface area contributed by atoms with E-state index < -0.39 is 4.87 Å². The van der Waals surface area contributed by atoms with Crippen LogP contribution in [-0.2, 0) is 9.53 Å². The number of ether oxygens (including phenoxy) is 1. The van der Waals surface area contributed by atoms with Gasteiger partial charge in [-0.1, -0.05) is 41.5 Å². The summed E-state index contributed by atoms with van der Waals surface area (Å²) in [5.74, 6) is 2.14. The predicted octanol–water partition coefficient (Wildman–Crippen LogP) is 5.96. The maximum atomic E-state index is 13.3. The van der Waals surface area contributed by atoms with E-state index in [4.69, 9.17) is 16.3 Å². The predicted molar refractivity (Wildman–Crippen MR) is 99.1 cm³/mol. The normalized spacial score (nSPS) is 38.0. The molecule has 0 aromatic rings. The molecule has 0 amide bonds. The summed E-state index contributed by atoms with van der Waals surface area (Å²) in [6.07, 6.45) is 7.89. The van der Waals surface area contributed by atoms with Crippen molar-refractivity contribution in [2.45, 2.75) is 97.0 Å². The van der Waals surface area contributed by atoms with Crippen LogP contribution in [0.5, 0.6) is 0 Å². The van der Waals surface area contributed by atoms with Gasteiger partial charge in [-0.25, -0.2) is 0 Å². The van der Waals surface area contributed by atoms with E-state index in [2.05, 4.69) is 41.5 Å². The lowest BCUT2D eigenvalue weighted by molar-refractivity contribution is -0.193. The number of halogens is 1. The van der Waals surface area contributed by atoms with E-state index in [9.17, 15) is 4.79 Å². The summed E-state index contributed by atoms with van der Waals surface area (Å²) in [5.41, 5.74) is -0.564. The van der Waals surface area contributed by atoms with Crippen LogP contribution in [-0.4, -0.2) is 16.4 Å². The quantitative estimate of drug-likeness (QED) is 0.461. The maximum absolute atomic E-state index is 13.3. The number of carbonyl (C=O) groups excluding carboxylic acids is 1. The second-order valence-electron chi connectivity index (χ2n) is 11.3. The van der Waals surface area contributed by atoms with Crippen LogP contribution in [0, 0.1) is 28.6 Å². The van der Waals surface area contributed by atoms with E-state index in [1.54, 1.807) is 0 Å². The standard InChI is InChI=1S/C21H35ClO2/c1-18(2,3)13-21(22,19(4,5)6)17(23)24-20-10-14-7-15(11-20)9-16(8-14)12-20/h14-16H,7-13H2,1-6H3. The average Bonchev–Trinajstić information content (AvgIpc) is 2.32. The SMILES string of the molecule is CC(C)(C)CC(Cl)(C(=O)OC12CC3CC(CC(C3)C1)C2)C(C)(C)C. The first-order chi connectivity index (χ1) is 10.8. The number of hydrogen-bond donors (Lipinski definition) is 0. The summed E-state index contributed by atoms with van der Waals surface area (Å²) < 4.78 is 6.32. The molecule has 4 aliphatic carbocycles. The van der Waals surface area contributed by atoms with Gasteiger partial charge in [0.25, 0.3) is 0 Å². The summed E-state index contributed by atoms with van der Waals surface area (Å²) in [5, 5.41) is 0. The fraction of sp³-hybridized carbons (Fsp3) is 0.952. The Balaban J connectivity index is 1.81. The lowest BCUT2D eigenvalue weighted by Crippen LogP contribution is -2.57. The van der Waals surface area contributed by atoms with Crippen molar-refractivity contribution in [2.75, 3.05) is 0 Å². The van der Waals surface area contributed by atoms with Gasteiger partial charge < -0.3 is 4.74 Å². The van der Waals surface area contributed by atoms with E-state index in [-0.39, 0.29) is 22.4 Å². The Hall–Kier alpha value is -0.240. The Bertz CT molecular complexity index is 476. The average molecular weight is 355 g/mol. The molecule has 4 bridgehead atoms. The van der Waals surface area contributed by atoms with Crippen molar-refractivity contribution in [1.82, 2.24) is 0 Å². The molecular formula is C21H35ClO2. The van der Waals surface area contributed by atoms with Gasteiger partial charge >= 0.3 is 5.97 Å². The molecule has 24 heavy (non-hydrogen) atoms. The van der Waals surface area contributed by atoms with E-state index in [0.717, 1.165) is 37.0 Å². The number of alkyl halides is 1. The first-order valence-corrected chi connectivity index (χ1v) is 10.1. The topological polar surface area (TPSA) is 26.3 Å². The van der Waals surface area contributed by atoms with Gasteiger partial charge in [-0.15, -0.1) is 11.6 Å². The molecular weight excluding hydrogens is 320 g/mol. The van der Waals surface area contributed by atoms with E-state index in [0.29, 0.717) is 6.42 Å². The first-order valence-electron chi connectivity index (χ1n) is 9.74. The van der Waals surface area contributed by atoms with Crippen molar-refractivity contribution in [3.63, 3.8) is 0 Å². The fourth-order valence-electron chi connectivity index (χ4n) is 5.81. The molecule has 3 heteroatoms. The Labute approximate surface area is 153 Å². The highest BCUT2D eigenvalue weighted by Gasteiger charge is 2.57. The van der Waals surface area contributed by atoms with Crippen LogP contribution < -0.4 is 0 Å². The zero-order valence-corrected chi connectivity index (χ0v) is 17.1. The van der Waals surface area contributed by atoms with Crippen molar-refractivity contribution in [1.29, 1.82) is 0 Å². The van der Waals surface area contributed by atoms with Crippen LogP contribution in [0.2, 0.25) is 0 Å². The van der Waals surface area contributed by atoms with Gasteiger partial charge in [-0.3, -0.25) is 4.79 Å². The lowest BCUT2D eigenvalue weighted by atomic mass is 9.54. The minimum absolute atomic E-state index is 0.0183. The minimum Gasteiger partial charge on any atom is -0.458 e. The Morgan fingerprint density at radius 2 is 1.38 bits per heavy atom. The second-order valence-corrected chi connectivity index (χ2v) is 11.9. The highest BCUT2D eigenvalue weighted by molar-refractivity contribution is 6.34. The van der Waals surface area contributed by atoms with E-state index in [1.165, 1.54) is 19.3 Å². The number of carbonyl (C=O) groups is 1. The van der Waals surface area contributed by atoms with Crippen molar-refractivity contribution in [2.24, 2.45) is 28.6 Å². The molecule has 4 aliphatic rings. The van der Waals surface area contributed by atoms with Crippen LogP contribution in [0.15, 0.2) is 0 Å². The molecule has 4 saturated carbocycles. The summed E-state index contributed by atoms with van der Waals surface area (Å²) in [6, 6.07) is 0. The third-order valence-corrected chi connectivity index (χ3v) is 7.43. The van der Waals surface area contributed by atoms with Crippen LogP contribution in [0.25, 0.3) is 0 Å². The highest BCUT2D eigenvalue weighted by Crippen LogP contribution is 2.58. The van der Waals surface area contributed by atoms with Gasteiger partial charge in [-0.05, 0) is 73.5 Å². The molecule has 4 fully saturated rings. The number of hydrogen-bond acceptors (Lipinski definition) is 2. The summed E-state index contributed by atoms with van der Waals surface area (Å²) >= 11 is 7.02. The zero-order valence-electron chi connectivity index (χ0n) is 16.4. The summed E-state index contributed by atoms with van der Waals surface area (Å²) in [4.78, 5) is 12.4. The van der Waals surface area contributed by atoms with E-state index >= 15 is 0 Å². The van der Waals surface area contributed by atoms with Crippen molar-refractivity contribution in [3.05, 3.63) is 0 Å². The molecule has 2 nitrogen and oxygen atoms in total. The maximum Gasteiger partial charge on any atom is 0.328 e. The summed E-state index contributed by atoms with van der Waals surface area (Å²) in [6.45, 7) is 12.6. The molecule has 0 saturated heterocycles. The second kappa shape index (κ2) is 5.63. The van der Waals surface area contributed by atoms with Gasteiger partial charge in [0.05, 0.1) is 0 Å². The fourth-order valence-corrected chi connectivity index (χ4v) is 6.25. The molecule has 0 aliphatic heterocycles. The molecule has 0 heterocycles. The van der Waals surface area contributed by atoms with Crippen molar-refractivity contribution < 1.29 is 9.53 Å². The number of esters is 1. The van der Waals surface area contributed by atoms with Crippen LogP contribution >= 0.6 is 11.6 Å². The molecule has 1 unspecified atom stereocenters. The van der Waals surface area contributed by atoms with Gasteiger partial charge in [-0.2, -0.15) is 0 Å². The largest absolute Gasteiger partial charge is 0.458 e. The Morgan fingerprint density at radius 3 is 1.71 bits per heavy atom. The minimum atomic E-state index is -0.964. The lowest BCUT2D eigenvalue weighted by Gasteiger charge is -2.56. The first kappa shape index (κ1) is 18.5.